The van der Waals surface area contributed by atoms with Crippen LogP contribution in [0, 0.1) is 0 Å². The van der Waals surface area contributed by atoms with Crippen LogP contribution in [0.2, 0.25) is 0 Å². The molecular formula is C16H16N2O2. The third-order valence-corrected chi connectivity index (χ3v) is 2.95. The van der Waals surface area contributed by atoms with Crippen molar-refractivity contribution in [3.63, 3.8) is 0 Å². The van der Waals surface area contributed by atoms with E-state index in [2.05, 4.69) is 18.1 Å². The average Bonchev–Trinajstić information content (AvgIpc) is 2.46. The predicted molar refractivity (Wildman–Crippen MR) is 81.3 cm³/mol. The number of carboxylic acids is 1. The Kier molecular flexibility index (Phi) is 4.15. The highest BCUT2D eigenvalue weighted by Crippen LogP contribution is 2.26. The molecule has 0 spiro atoms. The van der Waals surface area contributed by atoms with Gasteiger partial charge in [-0.3, -0.25) is 0 Å². The summed E-state index contributed by atoms with van der Waals surface area (Å²) in [6.07, 6.45) is 3.55. The van der Waals surface area contributed by atoms with Gasteiger partial charge in [0.15, 0.2) is 5.69 Å². The van der Waals surface area contributed by atoms with Gasteiger partial charge in [0.25, 0.3) is 0 Å². The lowest BCUT2D eigenvalue weighted by atomic mass is 10.1. The molecule has 2 aromatic rings. The topological polar surface area (TPSA) is 53.4 Å². The summed E-state index contributed by atoms with van der Waals surface area (Å²) in [7, 11) is 0. The molecule has 1 aromatic heterocycles. The summed E-state index contributed by atoms with van der Waals surface area (Å²) in [5, 5.41) is 10.1. The molecule has 2 rings (SSSR count). The lowest BCUT2D eigenvalue weighted by Gasteiger charge is -2.23. The molecule has 0 amide bonds. The molecule has 0 aliphatic heterocycles. The summed E-state index contributed by atoms with van der Waals surface area (Å²) in [5.74, 6) is -1.03. The van der Waals surface area contributed by atoms with E-state index in [0.717, 1.165) is 11.1 Å². The molecule has 0 radical (unpaired) electrons. The number of fused-ring (bicyclic) bond motifs is 1. The van der Waals surface area contributed by atoms with E-state index in [1.54, 1.807) is 18.2 Å². The number of aromatic nitrogens is 1. The number of anilines is 1. The van der Waals surface area contributed by atoms with E-state index in [-0.39, 0.29) is 5.69 Å². The van der Waals surface area contributed by atoms with E-state index in [0.29, 0.717) is 18.6 Å². The Morgan fingerprint density at radius 1 is 1.25 bits per heavy atom. The third kappa shape index (κ3) is 2.69. The van der Waals surface area contributed by atoms with Crippen molar-refractivity contribution in [3.8, 4) is 0 Å². The molecule has 0 atom stereocenters. The highest BCUT2D eigenvalue weighted by atomic mass is 16.4. The van der Waals surface area contributed by atoms with Crippen molar-refractivity contribution in [1.82, 2.24) is 4.98 Å². The lowest BCUT2D eigenvalue weighted by Crippen LogP contribution is -2.24. The fourth-order valence-corrected chi connectivity index (χ4v) is 2.11. The van der Waals surface area contributed by atoms with Gasteiger partial charge >= 0.3 is 5.97 Å². The van der Waals surface area contributed by atoms with Crippen molar-refractivity contribution in [2.75, 3.05) is 18.0 Å². The molecular weight excluding hydrogens is 252 g/mol. The SMILES string of the molecule is C=CCN(CC=C)c1cc(C(=O)O)nc2ccccc12. The number of carboxylic acid groups (broad SMARTS) is 1. The summed E-state index contributed by atoms with van der Waals surface area (Å²) in [6.45, 7) is 8.70. The Labute approximate surface area is 117 Å². The van der Waals surface area contributed by atoms with Crippen molar-refractivity contribution in [1.29, 1.82) is 0 Å². The van der Waals surface area contributed by atoms with E-state index >= 15 is 0 Å². The molecule has 1 N–H and O–H groups in total. The molecule has 102 valence electrons. The average molecular weight is 268 g/mol. The van der Waals surface area contributed by atoms with Crippen LogP contribution >= 0.6 is 0 Å². The van der Waals surface area contributed by atoms with E-state index in [9.17, 15) is 9.90 Å². The summed E-state index contributed by atoms with van der Waals surface area (Å²) < 4.78 is 0. The highest BCUT2D eigenvalue weighted by Gasteiger charge is 2.14. The molecule has 0 aliphatic carbocycles. The van der Waals surface area contributed by atoms with Gasteiger partial charge in [-0.05, 0) is 12.1 Å². The second kappa shape index (κ2) is 6.02. The number of carbonyl (C=O) groups is 1. The summed E-state index contributed by atoms with van der Waals surface area (Å²) in [5.41, 5.74) is 1.53. The Morgan fingerprint density at radius 3 is 2.50 bits per heavy atom. The van der Waals surface area contributed by atoms with Crippen LogP contribution in [-0.4, -0.2) is 29.1 Å². The van der Waals surface area contributed by atoms with Crippen molar-refractivity contribution in [3.05, 3.63) is 61.3 Å². The van der Waals surface area contributed by atoms with Crippen LogP contribution in [0.1, 0.15) is 10.5 Å². The summed E-state index contributed by atoms with van der Waals surface area (Å²) in [6, 6.07) is 9.09. The van der Waals surface area contributed by atoms with E-state index in [1.807, 2.05) is 29.2 Å². The van der Waals surface area contributed by atoms with Crippen LogP contribution in [-0.2, 0) is 0 Å². The molecule has 1 heterocycles. The molecule has 0 saturated heterocycles. The molecule has 0 fully saturated rings. The molecule has 20 heavy (non-hydrogen) atoms. The van der Waals surface area contributed by atoms with E-state index < -0.39 is 5.97 Å². The first-order chi connectivity index (χ1) is 9.67. The number of hydrogen-bond acceptors (Lipinski definition) is 3. The minimum Gasteiger partial charge on any atom is -0.477 e. The Balaban J connectivity index is 2.66. The predicted octanol–water partition coefficient (Wildman–Crippen LogP) is 3.11. The Hall–Kier alpha value is -2.62. The molecule has 0 aliphatic rings. The first-order valence-electron chi connectivity index (χ1n) is 6.27. The van der Waals surface area contributed by atoms with Gasteiger partial charge in [0.1, 0.15) is 0 Å². The summed E-state index contributed by atoms with van der Waals surface area (Å²) >= 11 is 0. The number of rotatable bonds is 6. The summed E-state index contributed by atoms with van der Waals surface area (Å²) in [4.78, 5) is 17.4. The normalized spacial score (nSPS) is 10.2. The van der Waals surface area contributed by atoms with Gasteiger partial charge < -0.3 is 10.0 Å². The molecule has 0 bridgehead atoms. The van der Waals surface area contributed by atoms with Crippen LogP contribution < -0.4 is 4.90 Å². The molecule has 4 nitrogen and oxygen atoms in total. The van der Waals surface area contributed by atoms with Gasteiger partial charge in [0.2, 0.25) is 0 Å². The largest absolute Gasteiger partial charge is 0.477 e. The number of hydrogen-bond donors (Lipinski definition) is 1. The Bertz CT molecular complexity index is 655. The zero-order chi connectivity index (χ0) is 14.5. The number of pyridine rings is 1. The smallest absolute Gasteiger partial charge is 0.354 e. The van der Waals surface area contributed by atoms with Gasteiger partial charge in [-0.15, -0.1) is 13.2 Å². The fraction of sp³-hybridized carbons (Fsp3) is 0.125. The maximum Gasteiger partial charge on any atom is 0.354 e. The minimum atomic E-state index is -1.03. The zero-order valence-electron chi connectivity index (χ0n) is 11.1. The van der Waals surface area contributed by atoms with Gasteiger partial charge in [-0.1, -0.05) is 30.4 Å². The van der Waals surface area contributed by atoms with Crippen molar-refractivity contribution < 1.29 is 9.90 Å². The van der Waals surface area contributed by atoms with Crippen molar-refractivity contribution in [2.45, 2.75) is 0 Å². The Morgan fingerprint density at radius 2 is 1.90 bits per heavy atom. The minimum absolute atomic E-state index is 0.0387. The first-order valence-corrected chi connectivity index (χ1v) is 6.27. The van der Waals surface area contributed by atoms with E-state index in [1.165, 1.54) is 0 Å². The van der Waals surface area contributed by atoms with Crippen molar-refractivity contribution >= 4 is 22.6 Å². The van der Waals surface area contributed by atoms with Crippen LogP contribution in [0.25, 0.3) is 10.9 Å². The van der Waals surface area contributed by atoms with Gasteiger partial charge in [-0.2, -0.15) is 0 Å². The quantitative estimate of drug-likeness (QED) is 0.818. The first kappa shape index (κ1) is 13.8. The number of benzene rings is 1. The molecule has 1 aromatic carbocycles. The highest BCUT2D eigenvalue weighted by molar-refractivity contribution is 5.97. The molecule has 0 unspecified atom stereocenters. The second-order valence-electron chi connectivity index (χ2n) is 4.33. The van der Waals surface area contributed by atoms with Gasteiger partial charge in [0, 0.05) is 24.2 Å². The van der Waals surface area contributed by atoms with Crippen LogP contribution in [0.3, 0.4) is 0 Å². The number of aromatic carboxylic acids is 1. The maximum absolute atomic E-state index is 11.2. The maximum atomic E-state index is 11.2. The van der Waals surface area contributed by atoms with Gasteiger partial charge in [0.05, 0.1) is 5.52 Å². The monoisotopic (exact) mass is 268 g/mol. The number of para-hydroxylation sites is 1. The van der Waals surface area contributed by atoms with E-state index in [4.69, 9.17) is 0 Å². The van der Waals surface area contributed by atoms with Gasteiger partial charge in [-0.25, -0.2) is 9.78 Å². The van der Waals surface area contributed by atoms with Crippen LogP contribution in [0.5, 0.6) is 0 Å². The second-order valence-corrected chi connectivity index (χ2v) is 4.33. The molecule has 0 saturated carbocycles. The lowest BCUT2D eigenvalue weighted by molar-refractivity contribution is 0.0691. The molecule has 4 heteroatoms. The number of nitrogens with zero attached hydrogens (tertiary/aromatic N) is 2. The fourth-order valence-electron chi connectivity index (χ4n) is 2.11. The van der Waals surface area contributed by atoms with Crippen molar-refractivity contribution in [2.24, 2.45) is 0 Å². The van der Waals surface area contributed by atoms with Crippen LogP contribution in [0.15, 0.2) is 55.6 Å². The standard InChI is InChI=1S/C16H16N2O2/c1-3-9-18(10-4-2)15-11-14(16(19)20)17-13-8-6-5-7-12(13)15/h3-8,11H,1-2,9-10H2,(H,19,20). The third-order valence-electron chi connectivity index (χ3n) is 2.95. The zero-order valence-corrected chi connectivity index (χ0v) is 11.1. The van der Waals surface area contributed by atoms with Crippen LogP contribution in [0.4, 0.5) is 5.69 Å².